The molecule has 1 amide bonds. The van der Waals surface area contributed by atoms with E-state index < -0.39 is 37.6 Å². The number of halogens is 2. The van der Waals surface area contributed by atoms with Gasteiger partial charge in [-0.05, 0) is 96.0 Å². The number of benzene rings is 1. The van der Waals surface area contributed by atoms with Crippen LogP contribution in [0.15, 0.2) is 53.3 Å². The second-order valence-corrected chi connectivity index (χ2v) is 21.3. The maximum absolute atomic E-state index is 14.6. The summed E-state index contributed by atoms with van der Waals surface area (Å²) in [5, 5.41) is 3.09. The zero-order chi connectivity index (χ0) is 37.9. The lowest BCUT2D eigenvalue weighted by Gasteiger charge is -2.30. The molecule has 4 heterocycles. The minimum atomic E-state index is -3.77. The molecule has 2 aromatic heterocycles. The number of carbonyl (C=O) groups is 1. The van der Waals surface area contributed by atoms with Crippen molar-refractivity contribution in [2.75, 3.05) is 32.7 Å². The van der Waals surface area contributed by atoms with Gasteiger partial charge >= 0.3 is 0 Å². The van der Waals surface area contributed by atoms with Gasteiger partial charge in [-0.1, -0.05) is 26.2 Å². The molecule has 2 aliphatic heterocycles. The van der Waals surface area contributed by atoms with E-state index in [4.69, 9.17) is 0 Å². The van der Waals surface area contributed by atoms with Crippen molar-refractivity contribution >= 4 is 26.0 Å². The van der Waals surface area contributed by atoms with Gasteiger partial charge in [0.25, 0.3) is 26.0 Å². The third-order valence-electron chi connectivity index (χ3n) is 14.4. The Morgan fingerprint density at radius 2 is 1.43 bits per heavy atom. The molecule has 1 N–H and O–H groups in total. The molecule has 16 heteroatoms. The predicted molar refractivity (Wildman–Crippen MR) is 193 cm³/mol. The van der Waals surface area contributed by atoms with Gasteiger partial charge in [-0.2, -0.15) is 8.61 Å². The van der Waals surface area contributed by atoms with Gasteiger partial charge in [-0.3, -0.25) is 4.79 Å². The quantitative estimate of drug-likeness (QED) is 0.243. The van der Waals surface area contributed by atoms with E-state index in [2.05, 4.69) is 22.2 Å². The molecule has 7 atom stereocenters. The van der Waals surface area contributed by atoms with Crippen molar-refractivity contribution in [2.45, 2.75) is 61.9 Å². The lowest BCUT2D eigenvalue weighted by atomic mass is 9.79. The van der Waals surface area contributed by atoms with E-state index in [0.717, 1.165) is 43.7 Å². The lowest BCUT2D eigenvalue weighted by Crippen LogP contribution is -2.39. The Balaban J connectivity index is 0.892. The number of aromatic nitrogens is 4. The Morgan fingerprint density at radius 3 is 1.91 bits per heavy atom. The smallest absolute Gasteiger partial charge is 0.262 e. The highest BCUT2D eigenvalue weighted by atomic mass is 32.2. The molecule has 54 heavy (non-hydrogen) atoms. The highest BCUT2D eigenvalue weighted by Crippen LogP contribution is 2.73. The molecule has 292 valence electrons. The van der Waals surface area contributed by atoms with Crippen LogP contribution < -0.4 is 5.32 Å². The molecule has 9 rings (SSSR count). The maximum Gasteiger partial charge on any atom is 0.262 e. The van der Waals surface area contributed by atoms with Gasteiger partial charge in [0.1, 0.15) is 11.6 Å². The summed E-state index contributed by atoms with van der Waals surface area (Å²) in [5.74, 6) is 0.734. The first kappa shape index (κ1) is 36.4. The van der Waals surface area contributed by atoms with Crippen molar-refractivity contribution in [1.29, 1.82) is 0 Å². The van der Waals surface area contributed by atoms with Gasteiger partial charge in [0.2, 0.25) is 0 Å². The Bertz CT molecular complexity index is 2180. The van der Waals surface area contributed by atoms with Crippen molar-refractivity contribution in [1.82, 2.24) is 33.0 Å². The van der Waals surface area contributed by atoms with Gasteiger partial charge in [0.15, 0.2) is 10.1 Å². The number of fused-ring (bicyclic) bond motifs is 2. The van der Waals surface area contributed by atoms with Gasteiger partial charge in [-0.25, -0.2) is 35.6 Å². The van der Waals surface area contributed by atoms with Crippen LogP contribution in [0.4, 0.5) is 8.78 Å². The van der Waals surface area contributed by atoms with E-state index in [-0.39, 0.29) is 38.3 Å². The van der Waals surface area contributed by atoms with Gasteiger partial charge in [0, 0.05) is 65.3 Å². The van der Waals surface area contributed by atoms with E-state index in [9.17, 15) is 30.4 Å². The summed E-state index contributed by atoms with van der Waals surface area (Å²) in [4.78, 5) is 21.4. The molecule has 6 fully saturated rings. The Labute approximate surface area is 315 Å². The van der Waals surface area contributed by atoms with Gasteiger partial charge in [-0.15, -0.1) is 0 Å². The van der Waals surface area contributed by atoms with Crippen LogP contribution >= 0.6 is 0 Å². The summed E-state index contributed by atoms with van der Waals surface area (Å²) in [5.41, 5.74) is -0.358. The van der Waals surface area contributed by atoms with Crippen molar-refractivity contribution < 1.29 is 30.4 Å². The van der Waals surface area contributed by atoms with Crippen LogP contribution in [0, 0.1) is 69.8 Å². The second-order valence-electron chi connectivity index (χ2n) is 17.5. The fourth-order valence-corrected chi connectivity index (χ4v) is 14.1. The highest BCUT2D eigenvalue weighted by molar-refractivity contribution is 7.89. The highest BCUT2D eigenvalue weighted by Gasteiger charge is 2.72. The minimum Gasteiger partial charge on any atom is -0.351 e. The molecule has 4 aliphatic carbocycles. The number of piperidine rings is 2. The molecular formula is C38H49F2N7O5S2. The zero-order valence-corrected chi connectivity index (χ0v) is 32.6. The van der Waals surface area contributed by atoms with E-state index >= 15 is 0 Å². The fraction of sp³-hybridized carbons (Fsp3) is 0.658. The molecule has 4 saturated carbocycles. The summed E-state index contributed by atoms with van der Waals surface area (Å²) >= 11 is 0. The first-order chi connectivity index (χ1) is 25.7. The van der Waals surface area contributed by atoms with Crippen LogP contribution in [0.1, 0.15) is 62.2 Å². The molecule has 2 saturated heterocycles. The van der Waals surface area contributed by atoms with Crippen molar-refractivity contribution in [3.63, 3.8) is 0 Å². The van der Waals surface area contributed by atoms with Crippen LogP contribution in [-0.4, -0.2) is 83.2 Å². The maximum atomic E-state index is 14.6. The molecule has 0 spiro atoms. The SMILES string of the molecule is CCC(CC1(CC2CC2)C2CN(S(=O)(=O)c3cn(C)cn3)CC21)C1CC1CC1(CNC(=O)c2ccc(F)cc2F)C2CN(S(=O)(=O)c3cn(C)cn3)CC21. The Morgan fingerprint density at radius 1 is 0.870 bits per heavy atom. The third-order valence-corrected chi connectivity index (χ3v) is 17.8. The van der Waals surface area contributed by atoms with E-state index in [1.165, 1.54) is 42.4 Å². The van der Waals surface area contributed by atoms with E-state index in [0.29, 0.717) is 68.4 Å². The third kappa shape index (κ3) is 6.04. The number of carbonyl (C=O) groups excluding carboxylic acids is 1. The largest absolute Gasteiger partial charge is 0.351 e. The number of hydrogen-bond donors (Lipinski definition) is 1. The molecule has 0 bridgehead atoms. The van der Waals surface area contributed by atoms with Crippen LogP contribution in [0.3, 0.4) is 0 Å². The molecular weight excluding hydrogens is 737 g/mol. The molecule has 7 unspecified atom stereocenters. The lowest BCUT2D eigenvalue weighted by molar-refractivity contribution is 0.0931. The summed E-state index contributed by atoms with van der Waals surface area (Å²) in [7, 11) is -3.89. The standard InChI is InChI=1S/C38H49F2N7O5S2/c1-4-24(12-37(11-23-5-6-23)29-14-46(15-30(29)37)53(49,50)34-18-44(2)21-42-34)28-9-25(28)13-38(20-41-36(48)27-8-7-26(39)10-33(27)40)31-16-47(17-32(31)38)54(51,52)35-19-45(3)22-43-35/h7-8,10,18-19,21-25,28-32H,4-6,9,11-17,20H2,1-3H3,(H,41,48). The van der Waals surface area contributed by atoms with Crippen LogP contribution in [0.5, 0.6) is 0 Å². The second kappa shape index (κ2) is 12.7. The van der Waals surface area contributed by atoms with Gasteiger partial charge < -0.3 is 14.5 Å². The van der Waals surface area contributed by atoms with Crippen LogP contribution in [0.2, 0.25) is 0 Å². The average Bonchev–Trinajstić information content (AvgIpc) is 4.05. The Hall–Kier alpha value is -3.21. The van der Waals surface area contributed by atoms with Crippen LogP contribution in [0.25, 0.3) is 0 Å². The first-order valence-corrected chi connectivity index (χ1v) is 22.2. The number of imidazole rings is 2. The number of nitrogens with one attached hydrogen (secondary N) is 1. The van der Waals surface area contributed by atoms with Crippen LogP contribution in [-0.2, 0) is 34.1 Å². The monoisotopic (exact) mass is 785 g/mol. The van der Waals surface area contributed by atoms with E-state index in [1.807, 2.05) is 0 Å². The predicted octanol–water partition coefficient (Wildman–Crippen LogP) is 4.28. The Kier molecular flexibility index (Phi) is 8.54. The molecule has 1 aromatic carbocycles. The van der Waals surface area contributed by atoms with Gasteiger partial charge in [0.05, 0.1) is 18.2 Å². The summed E-state index contributed by atoms with van der Waals surface area (Å²) in [6.45, 7) is 4.35. The summed E-state index contributed by atoms with van der Waals surface area (Å²) in [6.07, 6.45) is 13.8. The number of rotatable bonds is 15. The number of nitrogens with zero attached hydrogens (tertiary/aromatic N) is 6. The normalized spacial score (nSPS) is 33.7. The van der Waals surface area contributed by atoms with Crippen molar-refractivity contribution in [3.8, 4) is 0 Å². The molecule has 12 nitrogen and oxygen atoms in total. The summed E-state index contributed by atoms with van der Waals surface area (Å²) < 4.78 is 88.4. The summed E-state index contributed by atoms with van der Waals surface area (Å²) in [6, 6.07) is 2.93. The number of hydrogen-bond acceptors (Lipinski definition) is 7. The number of sulfonamides is 2. The average molecular weight is 786 g/mol. The zero-order valence-electron chi connectivity index (χ0n) is 30.9. The minimum absolute atomic E-state index is 0.0208. The number of amides is 1. The first-order valence-electron chi connectivity index (χ1n) is 19.4. The number of aryl methyl sites for hydroxylation is 2. The molecule has 6 aliphatic rings. The van der Waals surface area contributed by atoms with E-state index in [1.54, 1.807) is 33.7 Å². The fourth-order valence-electron chi connectivity index (χ4n) is 11.2. The molecule has 3 aromatic rings. The van der Waals surface area contributed by atoms with Crippen molar-refractivity contribution in [2.24, 2.45) is 72.3 Å². The van der Waals surface area contributed by atoms with Crippen molar-refractivity contribution in [3.05, 3.63) is 60.4 Å². The topological polar surface area (TPSA) is 140 Å². The molecule has 0 radical (unpaired) electrons.